The van der Waals surface area contributed by atoms with Gasteiger partial charge in [-0.15, -0.1) is 13.2 Å². The molecule has 2 atom stereocenters. The number of halogens is 3. The van der Waals surface area contributed by atoms with E-state index in [-0.39, 0.29) is 5.75 Å². The van der Waals surface area contributed by atoms with E-state index in [1.54, 1.807) is 12.1 Å². The summed E-state index contributed by atoms with van der Waals surface area (Å²) in [6, 6.07) is 6.84. The molecule has 0 aromatic heterocycles. The Hall–Kier alpha value is -1.27. The van der Waals surface area contributed by atoms with Crippen molar-refractivity contribution in [2.24, 2.45) is 5.92 Å². The second-order valence-corrected chi connectivity index (χ2v) is 5.82. The SMILES string of the molecule is FC(F)(F)Oc1ccc(CN2CCC3NCCC3C2)cc1. The zero-order valence-electron chi connectivity index (χ0n) is 11.7. The molecule has 2 heterocycles. The van der Waals surface area contributed by atoms with Gasteiger partial charge in [0, 0.05) is 19.1 Å². The fraction of sp³-hybridized carbons (Fsp3) is 0.600. The topological polar surface area (TPSA) is 24.5 Å². The minimum atomic E-state index is -4.63. The molecule has 0 bridgehead atoms. The smallest absolute Gasteiger partial charge is 0.406 e. The van der Waals surface area contributed by atoms with Gasteiger partial charge in [0.1, 0.15) is 5.75 Å². The van der Waals surface area contributed by atoms with E-state index >= 15 is 0 Å². The number of fused-ring (bicyclic) bond motifs is 1. The largest absolute Gasteiger partial charge is 0.573 e. The van der Waals surface area contributed by atoms with Gasteiger partial charge in [-0.3, -0.25) is 4.90 Å². The molecular formula is C15H19F3N2O. The number of alkyl halides is 3. The highest BCUT2D eigenvalue weighted by atomic mass is 19.4. The molecule has 0 aliphatic carbocycles. The predicted molar refractivity (Wildman–Crippen MR) is 72.9 cm³/mol. The summed E-state index contributed by atoms with van der Waals surface area (Å²) in [4.78, 5) is 2.38. The van der Waals surface area contributed by atoms with Crippen molar-refractivity contribution in [2.45, 2.75) is 31.8 Å². The third-order valence-corrected chi connectivity index (χ3v) is 4.30. The summed E-state index contributed by atoms with van der Waals surface area (Å²) in [5, 5.41) is 3.52. The number of benzene rings is 1. The van der Waals surface area contributed by atoms with Crippen molar-refractivity contribution in [2.75, 3.05) is 19.6 Å². The van der Waals surface area contributed by atoms with E-state index in [0.717, 1.165) is 38.2 Å². The Morgan fingerprint density at radius 3 is 2.67 bits per heavy atom. The summed E-state index contributed by atoms with van der Waals surface area (Å²) >= 11 is 0. The Morgan fingerprint density at radius 1 is 1.19 bits per heavy atom. The van der Waals surface area contributed by atoms with E-state index in [2.05, 4.69) is 15.0 Å². The van der Waals surface area contributed by atoms with Crippen molar-refractivity contribution < 1.29 is 17.9 Å². The van der Waals surface area contributed by atoms with Gasteiger partial charge in [0.25, 0.3) is 0 Å². The van der Waals surface area contributed by atoms with Crippen LogP contribution in [0.1, 0.15) is 18.4 Å². The molecule has 0 amide bonds. The van der Waals surface area contributed by atoms with Crippen molar-refractivity contribution in [1.82, 2.24) is 10.2 Å². The van der Waals surface area contributed by atoms with E-state index in [1.165, 1.54) is 18.6 Å². The second-order valence-electron chi connectivity index (χ2n) is 5.82. The standard InChI is InChI=1S/C15H19F3N2O/c16-15(17,18)21-13-3-1-11(2-4-13)9-20-8-6-14-12(10-20)5-7-19-14/h1-4,12,14,19H,5-10H2. The molecular weight excluding hydrogens is 281 g/mol. The monoisotopic (exact) mass is 300 g/mol. The van der Waals surface area contributed by atoms with Crippen LogP contribution in [0.15, 0.2) is 24.3 Å². The first-order valence-corrected chi connectivity index (χ1v) is 7.30. The zero-order chi connectivity index (χ0) is 14.9. The van der Waals surface area contributed by atoms with Gasteiger partial charge in [-0.2, -0.15) is 0 Å². The van der Waals surface area contributed by atoms with Crippen LogP contribution in [0.3, 0.4) is 0 Å². The number of ether oxygens (including phenoxy) is 1. The molecule has 2 unspecified atom stereocenters. The van der Waals surface area contributed by atoms with Gasteiger partial charge in [0.15, 0.2) is 0 Å². The van der Waals surface area contributed by atoms with E-state index in [9.17, 15) is 13.2 Å². The number of likely N-dealkylation sites (tertiary alicyclic amines) is 1. The van der Waals surface area contributed by atoms with Crippen molar-refractivity contribution >= 4 is 0 Å². The number of hydrogen-bond donors (Lipinski definition) is 1. The fourth-order valence-electron chi connectivity index (χ4n) is 3.32. The van der Waals surface area contributed by atoms with Gasteiger partial charge in [-0.25, -0.2) is 0 Å². The Bertz CT molecular complexity index is 475. The average molecular weight is 300 g/mol. The van der Waals surface area contributed by atoms with Crippen LogP contribution in [0.25, 0.3) is 0 Å². The van der Waals surface area contributed by atoms with Crippen molar-refractivity contribution in [3.8, 4) is 5.75 Å². The van der Waals surface area contributed by atoms with Gasteiger partial charge < -0.3 is 10.1 Å². The highest BCUT2D eigenvalue weighted by Crippen LogP contribution is 2.26. The fourth-order valence-corrected chi connectivity index (χ4v) is 3.32. The molecule has 2 saturated heterocycles. The summed E-state index contributed by atoms with van der Waals surface area (Å²) in [5.41, 5.74) is 1.02. The average Bonchev–Trinajstić information content (AvgIpc) is 2.87. The van der Waals surface area contributed by atoms with E-state index in [0.29, 0.717) is 12.0 Å². The molecule has 21 heavy (non-hydrogen) atoms. The maximum Gasteiger partial charge on any atom is 0.573 e. The minimum absolute atomic E-state index is 0.162. The third-order valence-electron chi connectivity index (χ3n) is 4.30. The molecule has 2 aliphatic rings. The van der Waals surface area contributed by atoms with Crippen LogP contribution < -0.4 is 10.1 Å². The number of piperidine rings is 1. The molecule has 3 nitrogen and oxygen atoms in total. The Morgan fingerprint density at radius 2 is 1.95 bits per heavy atom. The molecule has 1 aromatic carbocycles. The minimum Gasteiger partial charge on any atom is -0.406 e. The van der Waals surface area contributed by atoms with Crippen molar-refractivity contribution in [3.63, 3.8) is 0 Å². The van der Waals surface area contributed by atoms with Crippen molar-refractivity contribution in [1.29, 1.82) is 0 Å². The molecule has 0 spiro atoms. The first-order chi connectivity index (χ1) is 9.99. The van der Waals surface area contributed by atoms with Gasteiger partial charge in [-0.05, 0) is 49.5 Å². The van der Waals surface area contributed by atoms with Crippen LogP contribution >= 0.6 is 0 Å². The highest BCUT2D eigenvalue weighted by Gasteiger charge is 2.33. The summed E-state index contributed by atoms with van der Waals surface area (Å²) in [5.74, 6) is 0.552. The van der Waals surface area contributed by atoms with E-state index in [1.807, 2.05) is 0 Å². The Kier molecular flexibility index (Phi) is 4.08. The molecule has 6 heteroatoms. The number of hydrogen-bond acceptors (Lipinski definition) is 3. The summed E-state index contributed by atoms with van der Waals surface area (Å²) < 4.78 is 40.2. The maximum atomic E-state index is 12.1. The molecule has 116 valence electrons. The van der Waals surface area contributed by atoms with Crippen LogP contribution in [0, 0.1) is 5.92 Å². The van der Waals surface area contributed by atoms with E-state index in [4.69, 9.17) is 0 Å². The van der Waals surface area contributed by atoms with Crippen molar-refractivity contribution in [3.05, 3.63) is 29.8 Å². The van der Waals surface area contributed by atoms with Crippen LogP contribution in [0.2, 0.25) is 0 Å². The normalized spacial score (nSPS) is 26.6. The third kappa shape index (κ3) is 3.89. The lowest BCUT2D eigenvalue weighted by Gasteiger charge is -2.34. The van der Waals surface area contributed by atoms with Crippen LogP contribution in [0.4, 0.5) is 13.2 Å². The first-order valence-electron chi connectivity index (χ1n) is 7.30. The predicted octanol–water partition coefficient (Wildman–Crippen LogP) is 2.77. The number of rotatable bonds is 3. The second kappa shape index (κ2) is 5.85. The number of nitrogens with zero attached hydrogens (tertiary/aromatic N) is 1. The van der Waals surface area contributed by atoms with Gasteiger partial charge in [-0.1, -0.05) is 12.1 Å². The quantitative estimate of drug-likeness (QED) is 0.929. The summed E-state index contributed by atoms with van der Waals surface area (Å²) in [6.07, 6.45) is -2.25. The Labute approximate surface area is 122 Å². The van der Waals surface area contributed by atoms with Gasteiger partial charge in [0.05, 0.1) is 0 Å². The lowest BCUT2D eigenvalue weighted by atomic mass is 9.93. The molecule has 1 N–H and O–H groups in total. The Balaban J connectivity index is 1.55. The summed E-state index contributed by atoms with van der Waals surface area (Å²) in [7, 11) is 0. The summed E-state index contributed by atoms with van der Waals surface area (Å²) in [6.45, 7) is 4.00. The highest BCUT2D eigenvalue weighted by molar-refractivity contribution is 5.27. The molecule has 2 fully saturated rings. The van der Waals surface area contributed by atoms with Gasteiger partial charge >= 0.3 is 6.36 Å². The molecule has 0 saturated carbocycles. The molecule has 0 radical (unpaired) electrons. The van der Waals surface area contributed by atoms with Crippen LogP contribution in [-0.4, -0.2) is 36.9 Å². The molecule has 1 aromatic rings. The molecule has 2 aliphatic heterocycles. The lowest BCUT2D eigenvalue weighted by Crippen LogP contribution is -2.43. The lowest BCUT2D eigenvalue weighted by molar-refractivity contribution is -0.274. The number of nitrogens with one attached hydrogen (secondary N) is 1. The first kappa shape index (κ1) is 14.7. The van der Waals surface area contributed by atoms with Crippen LogP contribution in [-0.2, 0) is 6.54 Å². The maximum absolute atomic E-state index is 12.1. The zero-order valence-corrected chi connectivity index (χ0v) is 11.7. The molecule has 3 rings (SSSR count). The van der Waals surface area contributed by atoms with E-state index < -0.39 is 6.36 Å². The van der Waals surface area contributed by atoms with Crippen LogP contribution in [0.5, 0.6) is 5.75 Å². The van der Waals surface area contributed by atoms with Gasteiger partial charge in [0.2, 0.25) is 0 Å².